The fourth-order valence-electron chi connectivity index (χ4n) is 3.17. The number of aryl methyl sites for hydroxylation is 1. The van der Waals surface area contributed by atoms with E-state index in [1.54, 1.807) is 10.9 Å². The zero-order valence-electron chi connectivity index (χ0n) is 16.0. The molecular weight excluding hydrogens is 384 g/mol. The predicted molar refractivity (Wildman–Crippen MR) is 115 cm³/mol. The van der Waals surface area contributed by atoms with Crippen molar-refractivity contribution >= 4 is 17.5 Å². The van der Waals surface area contributed by atoms with Gasteiger partial charge >= 0.3 is 0 Å². The minimum atomic E-state index is -0.152. The molecule has 2 heterocycles. The van der Waals surface area contributed by atoms with Crippen molar-refractivity contribution in [1.29, 1.82) is 0 Å². The number of benzene rings is 2. The number of carbonyl (C=O) groups excluding carboxylic acids is 1. The molecule has 0 aliphatic rings. The van der Waals surface area contributed by atoms with Crippen LogP contribution in [-0.2, 0) is 6.42 Å². The SMILES string of the molecule is Cc1ccc(-n2ncc(C(=O)NCCc3ccc(Cl)cc3)c2-n2cccc2)cc1. The summed E-state index contributed by atoms with van der Waals surface area (Å²) in [5.74, 6) is 0.559. The van der Waals surface area contributed by atoms with E-state index in [2.05, 4.69) is 10.4 Å². The maximum atomic E-state index is 12.9. The van der Waals surface area contributed by atoms with E-state index in [0.29, 0.717) is 22.9 Å². The second-order valence-corrected chi connectivity index (χ2v) is 7.29. The summed E-state index contributed by atoms with van der Waals surface area (Å²) in [6.45, 7) is 2.57. The number of rotatable bonds is 6. The summed E-state index contributed by atoms with van der Waals surface area (Å²) in [5.41, 5.74) is 3.72. The molecular formula is C23H21ClN4O. The molecule has 2 aromatic heterocycles. The first-order chi connectivity index (χ1) is 14.1. The van der Waals surface area contributed by atoms with Crippen LogP contribution < -0.4 is 5.32 Å². The third-order valence-electron chi connectivity index (χ3n) is 4.73. The zero-order chi connectivity index (χ0) is 20.2. The van der Waals surface area contributed by atoms with E-state index in [9.17, 15) is 4.79 Å². The number of nitrogens with one attached hydrogen (secondary N) is 1. The molecule has 4 rings (SSSR count). The first kappa shape index (κ1) is 19.0. The third-order valence-corrected chi connectivity index (χ3v) is 4.98. The van der Waals surface area contributed by atoms with Gasteiger partial charge in [-0.15, -0.1) is 0 Å². The van der Waals surface area contributed by atoms with E-state index in [-0.39, 0.29) is 5.91 Å². The molecule has 0 spiro atoms. The van der Waals surface area contributed by atoms with Gasteiger partial charge in [0.1, 0.15) is 5.56 Å². The lowest BCUT2D eigenvalue weighted by Crippen LogP contribution is -2.26. The van der Waals surface area contributed by atoms with Gasteiger partial charge in [-0.1, -0.05) is 41.4 Å². The summed E-state index contributed by atoms with van der Waals surface area (Å²) in [7, 11) is 0. The lowest BCUT2D eigenvalue weighted by Gasteiger charge is -2.11. The number of carbonyl (C=O) groups is 1. The Morgan fingerprint density at radius 3 is 2.41 bits per heavy atom. The van der Waals surface area contributed by atoms with E-state index in [0.717, 1.165) is 17.7 Å². The molecule has 4 aromatic rings. The van der Waals surface area contributed by atoms with Crippen molar-refractivity contribution in [3.63, 3.8) is 0 Å². The molecule has 1 N–H and O–H groups in total. The Hall–Kier alpha value is -3.31. The zero-order valence-corrected chi connectivity index (χ0v) is 16.8. The molecule has 0 aliphatic heterocycles. The van der Waals surface area contributed by atoms with Crippen molar-refractivity contribution in [1.82, 2.24) is 19.7 Å². The molecule has 0 saturated carbocycles. The maximum absolute atomic E-state index is 12.9. The molecule has 0 bridgehead atoms. The van der Waals surface area contributed by atoms with Crippen LogP contribution in [0.4, 0.5) is 0 Å². The predicted octanol–water partition coefficient (Wildman–Crippen LogP) is 4.60. The van der Waals surface area contributed by atoms with Gasteiger partial charge in [-0.2, -0.15) is 5.10 Å². The fraction of sp³-hybridized carbons (Fsp3) is 0.130. The van der Waals surface area contributed by atoms with Gasteiger partial charge in [0, 0.05) is 24.0 Å². The summed E-state index contributed by atoms with van der Waals surface area (Å²) < 4.78 is 3.69. The van der Waals surface area contributed by atoms with Gasteiger partial charge in [-0.05, 0) is 55.3 Å². The van der Waals surface area contributed by atoms with E-state index in [1.165, 1.54) is 5.56 Å². The number of hydrogen-bond donors (Lipinski definition) is 1. The lowest BCUT2D eigenvalue weighted by molar-refractivity contribution is 0.0954. The normalized spacial score (nSPS) is 10.8. The van der Waals surface area contributed by atoms with E-state index in [1.807, 2.05) is 84.5 Å². The highest BCUT2D eigenvalue weighted by Gasteiger charge is 2.19. The molecule has 0 radical (unpaired) electrons. The van der Waals surface area contributed by atoms with E-state index < -0.39 is 0 Å². The van der Waals surface area contributed by atoms with Crippen molar-refractivity contribution in [2.24, 2.45) is 0 Å². The van der Waals surface area contributed by atoms with Crippen molar-refractivity contribution in [3.8, 4) is 11.5 Å². The van der Waals surface area contributed by atoms with E-state index in [4.69, 9.17) is 11.6 Å². The Morgan fingerprint density at radius 1 is 1.03 bits per heavy atom. The minimum absolute atomic E-state index is 0.152. The quantitative estimate of drug-likeness (QED) is 0.510. The Labute approximate surface area is 174 Å². The highest BCUT2D eigenvalue weighted by molar-refractivity contribution is 6.30. The topological polar surface area (TPSA) is 51.9 Å². The van der Waals surface area contributed by atoms with Gasteiger partial charge in [0.25, 0.3) is 5.91 Å². The monoisotopic (exact) mass is 404 g/mol. The van der Waals surface area contributed by atoms with E-state index >= 15 is 0 Å². The minimum Gasteiger partial charge on any atom is -0.352 e. The Balaban J connectivity index is 1.57. The molecule has 146 valence electrons. The first-order valence-corrected chi connectivity index (χ1v) is 9.81. The molecule has 5 nitrogen and oxygen atoms in total. The molecule has 6 heteroatoms. The molecule has 0 atom stereocenters. The number of aromatic nitrogens is 3. The molecule has 2 aromatic carbocycles. The number of hydrogen-bond acceptors (Lipinski definition) is 2. The summed E-state index contributed by atoms with van der Waals surface area (Å²) >= 11 is 5.92. The Morgan fingerprint density at radius 2 is 1.72 bits per heavy atom. The average Bonchev–Trinajstić information content (AvgIpc) is 3.39. The molecule has 29 heavy (non-hydrogen) atoms. The maximum Gasteiger partial charge on any atom is 0.256 e. The molecule has 0 aliphatic carbocycles. The van der Waals surface area contributed by atoms with Gasteiger partial charge in [-0.25, -0.2) is 4.68 Å². The summed E-state index contributed by atoms with van der Waals surface area (Å²) in [6, 6.07) is 19.6. The first-order valence-electron chi connectivity index (χ1n) is 9.43. The van der Waals surface area contributed by atoms with Crippen LogP contribution in [0.5, 0.6) is 0 Å². The number of nitrogens with zero attached hydrogens (tertiary/aromatic N) is 3. The van der Waals surface area contributed by atoms with Gasteiger partial charge in [-0.3, -0.25) is 4.79 Å². The van der Waals surface area contributed by atoms with Crippen molar-refractivity contribution in [3.05, 3.63) is 101 Å². The van der Waals surface area contributed by atoms with Gasteiger partial charge in [0.15, 0.2) is 5.82 Å². The molecule has 1 amide bonds. The van der Waals surface area contributed by atoms with Gasteiger partial charge in [0.05, 0.1) is 11.9 Å². The van der Waals surface area contributed by atoms with Crippen molar-refractivity contribution in [2.75, 3.05) is 6.54 Å². The summed E-state index contributed by atoms with van der Waals surface area (Å²) in [5, 5.41) is 8.20. The Bertz CT molecular complexity index is 1100. The standard InChI is InChI=1S/C23H21ClN4O/c1-17-4-10-20(11-5-17)28-23(27-14-2-3-15-27)21(16-26-28)22(29)25-13-12-18-6-8-19(24)9-7-18/h2-11,14-16H,12-13H2,1H3,(H,25,29). The average molecular weight is 405 g/mol. The smallest absolute Gasteiger partial charge is 0.256 e. The molecule has 0 unspecified atom stereocenters. The van der Waals surface area contributed by atoms with Crippen LogP contribution in [0.1, 0.15) is 21.5 Å². The van der Waals surface area contributed by atoms with Crippen LogP contribution in [0, 0.1) is 6.92 Å². The second kappa shape index (κ2) is 8.37. The fourth-order valence-corrected chi connectivity index (χ4v) is 3.29. The summed E-state index contributed by atoms with van der Waals surface area (Å²) in [6.07, 6.45) is 6.17. The number of amides is 1. The highest BCUT2D eigenvalue weighted by atomic mass is 35.5. The van der Waals surface area contributed by atoms with Crippen LogP contribution in [0.3, 0.4) is 0 Å². The number of halogens is 1. The van der Waals surface area contributed by atoms with Crippen LogP contribution in [0.15, 0.2) is 79.3 Å². The van der Waals surface area contributed by atoms with Crippen LogP contribution in [0.25, 0.3) is 11.5 Å². The lowest BCUT2D eigenvalue weighted by atomic mass is 10.1. The molecule has 0 saturated heterocycles. The van der Waals surface area contributed by atoms with Crippen LogP contribution >= 0.6 is 11.6 Å². The highest BCUT2D eigenvalue weighted by Crippen LogP contribution is 2.20. The summed E-state index contributed by atoms with van der Waals surface area (Å²) in [4.78, 5) is 12.9. The largest absolute Gasteiger partial charge is 0.352 e. The Kier molecular flexibility index (Phi) is 5.49. The molecule has 0 fully saturated rings. The van der Waals surface area contributed by atoms with Crippen LogP contribution in [0.2, 0.25) is 5.02 Å². The van der Waals surface area contributed by atoms with Gasteiger partial charge < -0.3 is 9.88 Å². The van der Waals surface area contributed by atoms with Crippen LogP contribution in [-0.4, -0.2) is 26.8 Å². The third kappa shape index (κ3) is 4.25. The second-order valence-electron chi connectivity index (χ2n) is 6.85. The van der Waals surface area contributed by atoms with Crippen molar-refractivity contribution < 1.29 is 4.79 Å². The van der Waals surface area contributed by atoms with Crippen molar-refractivity contribution in [2.45, 2.75) is 13.3 Å². The van der Waals surface area contributed by atoms with Gasteiger partial charge in [0.2, 0.25) is 0 Å².